The van der Waals surface area contributed by atoms with Gasteiger partial charge in [-0.05, 0) is 32.2 Å². The Morgan fingerprint density at radius 1 is 1.53 bits per heavy atom. The summed E-state index contributed by atoms with van der Waals surface area (Å²) in [5.74, 6) is 0.658. The lowest BCUT2D eigenvalue weighted by molar-refractivity contribution is -0.145. The normalized spacial score (nSPS) is 24.5. The summed E-state index contributed by atoms with van der Waals surface area (Å²) in [6.07, 6.45) is 4.41. The summed E-state index contributed by atoms with van der Waals surface area (Å²) in [4.78, 5) is 17.7. The van der Waals surface area contributed by atoms with Crippen LogP contribution in [0.2, 0.25) is 0 Å². The molecular weight excluding hydrogens is 244 g/mol. The predicted molar refractivity (Wildman–Crippen MR) is 70.5 cm³/mol. The maximum atomic E-state index is 11.4. The average Bonchev–Trinajstić information content (AvgIpc) is 2.86. The van der Waals surface area contributed by atoms with Gasteiger partial charge in [0.15, 0.2) is 0 Å². The van der Waals surface area contributed by atoms with Crippen molar-refractivity contribution in [3.05, 3.63) is 12.2 Å². The van der Waals surface area contributed by atoms with Crippen LogP contribution in [-0.2, 0) is 17.9 Å². The van der Waals surface area contributed by atoms with Gasteiger partial charge in [-0.25, -0.2) is 9.67 Å². The number of carboxylic acid groups (broad SMARTS) is 1. The van der Waals surface area contributed by atoms with Crippen LogP contribution < -0.4 is 0 Å². The summed E-state index contributed by atoms with van der Waals surface area (Å²) in [5, 5.41) is 13.5. The smallest absolute Gasteiger partial charge is 0.320 e. The molecule has 2 atom stereocenters. The Bertz CT molecular complexity index is 432. The third-order valence-electron chi connectivity index (χ3n) is 4.02. The molecule has 0 aromatic carbocycles. The van der Waals surface area contributed by atoms with Gasteiger partial charge in [0.1, 0.15) is 18.2 Å². The van der Waals surface area contributed by atoms with Crippen LogP contribution in [0.25, 0.3) is 0 Å². The van der Waals surface area contributed by atoms with E-state index in [-0.39, 0.29) is 6.04 Å². The van der Waals surface area contributed by atoms with Crippen molar-refractivity contribution in [1.82, 2.24) is 19.7 Å². The first-order valence-corrected chi connectivity index (χ1v) is 6.99. The van der Waals surface area contributed by atoms with E-state index in [1.165, 1.54) is 6.33 Å². The molecule has 1 aliphatic rings. The highest BCUT2D eigenvalue weighted by atomic mass is 16.4. The van der Waals surface area contributed by atoms with E-state index in [9.17, 15) is 9.90 Å². The first kappa shape index (κ1) is 14.0. The van der Waals surface area contributed by atoms with Gasteiger partial charge in [0, 0.05) is 6.54 Å². The quantitative estimate of drug-likeness (QED) is 0.871. The minimum Gasteiger partial charge on any atom is -0.480 e. The van der Waals surface area contributed by atoms with Crippen molar-refractivity contribution < 1.29 is 9.90 Å². The van der Waals surface area contributed by atoms with E-state index in [4.69, 9.17) is 0 Å². The van der Waals surface area contributed by atoms with Crippen LogP contribution in [0.4, 0.5) is 0 Å². The van der Waals surface area contributed by atoms with Crippen molar-refractivity contribution in [2.24, 2.45) is 5.92 Å². The molecule has 0 saturated carbocycles. The summed E-state index contributed by atoms with van der Waals surface area (Å²) in [7, 11) is 0. The highest BCUT2D eigenvalue weighted by Crippen LogP contribution is 2.26. The lowest BCUT2D eigenvalue weighted by Crippen LogP contribution is -2.47. The minimum atomic E-state index is -0.722. The number of nitrogens with zero attached hydrogens (tertiary/aromatic N) is 4. The summed E-state index contributed by atoms with van der Waals surface area (Å²) in [5.41, 5.74) is 0. The fourth-order valence-corrected chi connectivity index (χ4v) is 2.76. The Balaban J connectivity index is 2.08. The predicted octanol–water partition coefficient (Wildman–Crippen LogP) is 1.37. The highest BCUT2D eigenvalue weighted by molar-refractivity contribution is 5.73. The summed E-state index contributed by atoms with van der Waals surface area (Å²) >= 11 is 0. The molecule has 6 heteroatoms. The first-order chi connectivity index (χ1) is 9.15. The van der Waals surface area contributed by atoms with Gasteiger partial charge in [0.05, 0.1) is 6.54 Å². The lowest BCUT2D eigenvalue weighted by atomic mass is 9.89. The summed E-state index contributed by atoms with van der Waals surface area (Å²) in [6, 6.07) is -0.388. The molecular formula is C13H22N4O2. The molecule has 0 spiro atoms. The van der Waals surface area contributed by atoms with Crippen LogP contribution in [0.5, 0.6) is 0 Å². The monoisotopic (exact) mass is 266 g/mol. The zero-order valence-electron chi connectivity index (χ0n) is 11.6. The molecule has 6 nitrogen and oxygen atoms in total. The van der Waals surface area contributed by atoms with Crippen LogP contribution in [0, 0.1) is 5.92 Å². The van der Waals surface area contributed by atoms with Crippen LogP contribution in [0.1, 0.15) is 38.9 Å². The van der Waals surface area contributed by atoms with Crippen molar-refractivity contribution >= 4 is 5.97 Å². The third-order valence-corrected chi connectivity index (χ3v) is 4.02. The molecule has 1 aromatic heterocycles. The molecule has 2 unspecified atom stereocenters. The summed E-state index contributed by atoms with van der Waals surface area (Å²) in [6.45, 7) is 6.30. The Labute approximate surface area is 113 Å². The Morgan fingerprint density at radius 2 is 2.32 bits per heavy atom. The van der Waals surface area contributed by atoms with Gasteiger partial charge in [-0.1, -0.05) is 13.3 Å². The zero-order chi connectivity index (χ0) is 13.8. The van der Waals surface area contributed by atoms with Crippen LogP contribution in [0.15, 0.2) is 6.33 Å². The molecule has 19 heavy (non-hydrogen) atoms. The molecule has 1 fully saturated rings. The van der Waals surface area contributed by atoms with E-state index in [1.807, 2.05) is 16.5 Å². The van der Waals surface area contributed by atoms with E-state index in [2.05, 4.69) is 17.0 Å². The van der Waals surface area contributed by atoms with Gasteiger partial charge in [0.2, 0.25) is 0 Å². The molecule has 0 bridgehead atoms. The maximum Gasteiger partial charge on any atom is 0.320 e. The van der Waals surface area contributed by atoms with Crippen molar-refractivity contribution in [1.29, 1.82) is 0 Å². The second kappa shape index (κ2) is 6.14. The van der Waals surface area contributed by atoms with E-state index in [0.717, 1.165) is 38.2 Å². The highest BCUT2D eigenvalue weighted by Gasteiger charge is 2.33. The Kier molecular flexibility index (Phi) is 4.52. The number of carbonyl (C=O) groups is 1. The molecule has 1 N–H and O–H groups in total. The molecule has 1 aliphatic heterocycles. The number of aryl methyl sites for hydroxylation is 1. The Hall–Kier alpha value is -1.43. The van der Waals surface area contributed by atoms with E-state index in [0.29, 0.717) is 12.5 Å². The number of hydrogen-bond acceptors (Lipinski definition) is 4. The van der Waals surface area contributed by atoms with Crippen molar-refractivity contribution in [3.63, 3.8) is 0 Å². The second-order valence-electron chi connectivity index (χ2n) is 5.12. The van der Waals surface area contributed by atoms with Crippen molar-refractivity contribution in [3.8, 4) is 0 Å². The number of likely N-dealkylation sites (tertiary alicyclic amines) is 1. The van der Waals surface area contributed by atoms with E-state index < -0.39 is 5.97 Å². The van der Waals surface area contributed by atoms with E-state index >= 15 is 0 Å². The van der Waals surface area contributed by atoms with Crippen molar-refractivity contribution in [2.45, 2.75) is 52.2 Å². The molecule has 2 rings (SSSR count). The fourth-order valence-electron chi connectivity index (χ4n) is 2.76. The molecule has 0 amide bonds. The van der Waals surface area contributed by atoms with Gasteiger partial charge in [0.25, 0.3) is 0 Å². The Morgan fingerprint density at radius 3 is 2.95 bits per heavy atom. The van der Waals surface area contributed by atoms with Gasteiger partial charge in [-0.2, -0.15) is 5.10 Å². The number of rotatable bonds is 5. The molecule has 2 heterocycles. The number of carboxylic acids is 1. The minimum absolute atomic E-state index is 0.388. The number of piperidine rings is 1. The molecule has 0 aliphatic carbocycles. The largest absolute Gasteiger partial charge is 0.480 e. The first-order valence-electron chi connectivity index (χ1n) is 6.99. The molecule has 0 radical (unpaired) electrons. The SMILES string of the molecule is CCC1CCN(Cc2ncnn2CC)C(C(=O)O)C1. The average molecular weight is 266 g/mol. The van der Waals surface area contributed by atoms with Crippen LogP contribution in [-0.4, -0.2) is 43.3 Å². The zero-order valence-corrected chi connectivity index (χ0v) is 11.6. The van der Waals surface area contributed by atoms with E-state index in [1.54, 1.807) is 0 Å². The third kappa shape index (κ3) is 3.12. The molecule has 1 saturated heterocycles. The van der Waals surface area contributed by atoms with Gasteiger partial charge >= 0.3 is 5.97 Å². The van der Waals surface area contributed by atoms with Gasteiger partial charge in [-0.3, -0.25) is 9.69 Å². The van der Waals surface area contributed by atoms with Gasteiger partial charge < -0.3 is 5.11 Å². The number of aromatic nitrogens is 3. The second-order valence-corrected chi connectivity index (χ2v) is 5.12. The van der Waals surface area contributed by atoms with Crippen molar-refractivity contribution in [2.75, 3.05) is 6.54 Å². The van der Waals surface area contributed by atoms with Crippen LogP contribution >= 0.6 is 0 Å². The van der Waals surface area contributed by atoms with Gasteiger partial charge in [-0.15, -0.1) is 0 Å². The molecule has 1 aromatic rings. The number of hydrogen-bond donors (Lipinski definition) is 1. The number of aliphatic carboxylic acids is 1. The maximum absolute atomic E-state index is 11.4. The summed E-state index contributed by atoms with van der Waals surface area (Å²) < 4.78 is 1.82. The molecule has 106 valence electrons. The topological polar surface area (TPSA) is 71.2 Å². The lowest BCUT2D eigenvalue weighted by Gasteiger charge is -2.36. The fraction of sp³-hybridized carbons (Fsp3) is 0.769. The van der Waals surface area contributed by atoms with Crippen LogP contribution in [0.3, 0.4) is 0 Å². The standard InChI is InChI=1S/C13H22N4O2/c1-3-10-5-6-16(11(7-10)13(18)19)8-12-14-9-15-17(12)4-2/h9-11H,3-8H2,1-2H3,(H,18,19).